The highest BCUT2D eigenvalue weighted by Crippen LogP contribution is 2.22. The van der Waals surface area contributed by atoms with Crippen molar-refractivity contribution in [1.29, 1.82) is 0 Å². The van der Waals surface area contributed by atoms with Gasteiger partial charge in [-0.15, -0.1) is 0 Å². The number of benzene rings is 3. The van der Waals surface area contributed by atoms with E-state index in [1.807, 2.05) is 41.3 Å². The van der Waals surface area contributed by atoms with Crippen LogP contribution in [0.2, 0.25) is 0 Å². The standard InChI is InChI=1S/C28H30FN3O2/c29-24-12-7-13-25(20-24)30-28(34)31-26(19-22-10-5-2-6-11-22)27(33)32-16-14-23(15-17-32)18-21-8-3-1-4-9-21/h1-13,20,23,26H,14-19H2,(H2,30,31,34). The number of anilines is 1. The number of nitrogens with zero attached hydrogens (tertiary/aromatic N) is 1. The van der Waals surface area contributed by atoms with Gasteiger partial charge in [0.25, 0.3) is 0 Å². The summed E-state index contributed by atoms with van der Waals surface area (Å²) in [5, 5.41) is 5.45. The summed E-state index contributed by atoms with van der Waals surface area (Å²) in [6, 6.07) is 24.5. The number of carbonyl (C=O) groups is 2. The van der Waals surface area contributed by atoms with Crippen molar-refractivity contribution in [1.82, 2.24) is 10.2 Å². The fourth-order valence-corrected chi connectivity index (χ4v) is 4.47. The average molecular weight is 460 g/mol. The molecule has 2 N–H and O–H groups in total. The minimum absolute atomic E-state index is 0.0867. The van der Waals surface area contributed by atoms with Crippen molar-refractivity contribution in [3.05, 3.63) is 102 Å². The third-order valence-electron chi connectivity index (χ3n) is 6.26. The van der Waals surface area contributed by atoms with Crippen molar-refractivity contribution in [2.24, 2.45) is 5.92 Å². The molecule has 0 spiro atoms. The lowest BCUT2D eigenvalue weighted by Gasteiger charge is -2.34. The van der Waals surface area contributed by atoms with Gasteiger partial charge < -0.3 is 15.5 Å². The quantitative estimate of drug-likeness (QED) is 0.520. The van der Waals surface area contributed by atoms with Crippen LogP contribution in [-0.2, 0) is 17.6 Å². The van der Waals surface area contributed by atoms with E-state index in [0.717, 1.165) is 24.8 Å². The molecule has 0 aliphatic carbocycles. The maximum absolute atomic E-state index is 13.5. The van der Waals surface area contributed by atoms with Gasteiger partial charge in [-0.05, 0) is 54.5 Å². The van der Waals surface area contributed by atoms with E-state index in [-0.39, 0.29) is 5.91 Å². The zero-order chi connectivity index (χ0) is 23.8. The summed E-state index contributed by atoms with van der Waals surface area (Å²) in [6.45, 7) is 1.35. The molecule has 5 nitrogen and oxygen atoms in total. The summed E-state index contributed by atoms with van der Waals surface area (Å²) in [5.41, 5.74) is 2.63. The number of halogens is 1. The minimum atomic E-state index is -0.707. The van der Waals surface area contributed by atoms with E-state index in [1.165, 1.54) is 23.8 Å². The third kappa shape index (κ3) is 6.67. The number of urea groups is 1. The summed E-state index contributed by atoms with van der Waals surface area (Å²) in [4.78, 5) is 27.9. The Labute approximate surface area is 200 Å². The van der Waals surface area contributed by atoms with E-state index >= 15 is 0 Å². The molecule has 1 atom stereocenters. The van der Waals surface area contributed by atoms with Crippen LogP contribution >= 0.6 is 0 Å². The van der Waals surface area contributed by atoms with Crippen LogP contribution in [-0.4, -0.2) is 36.0 Å². The van der Waals surface area contributed by atoms with Gasteiger partial charge in [0.15, 0.2) is 0 Å². The minimum Gasteiger partial charge on any atom is -0.341 e. The Morgan fingerprint density at radius 3 is 2.18 bits per heavy atom. The molecule has 1 unspecified atom stereocenters. The molecule has 1 fully saturated rings. The predicted octanol–water partition coefficient (Wildman–Crippen LogP) is 5.04. The molecule has 176 valence electrons. The van der Waals surface area contributed by atoms with Gasteiger partial charge in [0.1, 0.15) is 11.9 Å². The molecule has 6 heteroatoms. The molecule has 4 rings (SSSR count). The van der Waals surface area contributed by atoms with Gasteiger partial charge >= 0.3 is 6.03 Å². The summed E-state index contributed by atoms with van der Waals surface area (Å²) in [6.07, 6.45) is 3.28. The van der Waals surface area contributed by atoms with Crippen LogP contribution < -0.4 is 10.6 Å². The highest BCUT2D eigenvalue weighted by Gasteiger charge is 2.29. The first-order valence-electron chi connectivity index (χ1n) is 11.8. The zero-order valence-electron chi connectivity index (χ0n) is 19.1. The highest BCUT2D eigenvalue weighted by molar-refractivity contribution is 5.93. The lowest BCUT2D eigenvalue weighted by molar-refractivity contribution is -0.134. The van der Waals surface area contributed by atoms with Crippen molar-refractivity contribution in [2.75, 3.05) is 18.4 Å². The van der Waals surface area contributed by atoms with E-state index < -0.39 is 17.9 Å². The summed E-state index contributed by atoms with van der Waals surface area (Å²) in [7, 11) is 0. The molecule has 1 aliphatic heterocycles. The van der Waals surface area contributed by atoms with Gasteiger partial charge in [-0.3, -0.25) is 4.79 Å². The maximum Gasteiger partial charge on any atom is 0.319 e. The molecule has 1 saturated heterocycles. The average Bonchev–Trinajstić information content (AvgIpc) is 2.85. The number of hydrogen-bond donors (Lipinski definition) is 2. The number of rotatable bonds is 7. The number of hydrogen-bond acceptors (Lipinski definition) is 2. The first-order valence-corrected chi connectivity index (χ1v) is 11.8. The van der Waals surface area contributed by atoms with E-state index in [9.17, 15) is 14.0 Å². The van der Waals surface area contributed by atoms with Crippen LogP contribution in [0.5, 0.6) is 0 Å². The molecule has 34 heavy (non-hydrogen) atoms. The smallest absolute Gasteiger partial charge is 0.319 e. The van der Waals surface area contributed by atoms with Crippen molar-refractivity contribution in [3.63, 3.8) is 0 Å². The van der Waals surface area contributed by atoms with Gasteiger partial charge in [-0.25, -0.2) is 9.18 Å². The van der Waals surface area contributed by atoms with Gasteiger partial charge in [0.05, 0.1) is 0 Å². The molecular formula is C28H30FN3O2. The number of piperidine rings is 1. The van der Waals surface area contributed by atoms with Crippen molar-refractivity contribution in [2.45, 2.75) is 31.7 Å². The number of likely N-dealkylation sites (tertiary alicyclic amines) is 1. The second kappa shape index (κ2) is 11.5. The first-order chi connectivity index (χ1) is 16.6. The number of carbonyl (C=O) groups excluding carboxylic acids is 2. The van der Waals surface area contributed by atoms with Gasteiger partial charge in [-0.1, -0.05) is 66.7 Å². The van der Waals surface area contributed by atoms with Crippen molar-refractivity contribution >= 4 is 17.6 Å². The largest absolute Gasteiger partial charge is 0.341 e. The molecule has 0 saturated carbocycles. The maximum atomic E-state index is 13.5. The lowest BCUT2D eigenvalue weighted by Crippen LogP contribution is -2.52. The molecule has 3 amide bonds. The molecule has 3 aromatic rings. The summed E-state index contributed by atoms with van der Waals surface area (Å²) in [5.74, 6) is 0.0211. The Balaban J connectivity index is 1.39. The number of nitrogens with one attached hydrogen (secondary N) is 2. The Morgan fingerprint density at radius 2 is 1.53 bits per heavy atom. The Kier molecular flexibility index (Phi) is 7.91. The van der Waals surface area contributed by atoms with Crippen LogP contribution in [0.1, 0.15) is 24.0 Å². The molecule has 0 bridgehead atoms. The van der Waals surface area contributed by atoms with Crippen LogP contribution in [0.25, 0.3) is 0 Å². The highest BCUT2D eigenvalue weighted by atomic mass is 19.1. The third-order valence-corrected chi connectivity index (χ3v) is 6.26. The van der Waals surface area contributed by atoms with Crippen LogP contribution in [0.4, 0.5) is 14.9 Å². The van der Waals surface area contributed by atoms with Crippen LogP contribution in [0.15, 0.2) is 84.9 Å². The molecule has 1 aliphatic rings. The fourth-order valence-electron chi connectivity index (χ4n) is 4.47. The zero-order valence-corrected chi connectivity index (χ0v) is 19.1. The monoisotopic (exact) mass is 459 g/mol. The summed E-state index contributed by atoms with van der Waals surface area (Å²) < 4.78 is 13.5. The Morgan fingerprint density at radius 1 is 0.882 bits per heavy atom. The molecule has 0 aromatic heterocycles. The van der Waals surface area contributed by atoms with Crippen LogP contribution in [0.3, 0.4) is 0 Å². The van der Waals surface area contributed by atoms with Gasteiger partial charge in [0, 0.05) is 25.2 Å². The SMILES string of the molecule is O=C(Nc1cccc(F)c1)NC(Cc1ccccc1)C(=O)N1CCC(Cc2ccccc2)CC1. The fraction of sp³-hybridized carbons (Fsp3) is 0.286. The van der Waals surface area contributed by atoms with E-state index in [2.05, 4.69) is 34.9 Å². The second-order valence-corrected chi connectivity index (χ2v) is 8.81. The lowest BCUT2D eigenvalue weighted by atomic mass is 9.90. The van der Waals surface area contributed by atoms with Crippen LogP contribution in [0, 0.1) is 11.7 Å². The Hall–Kier alpha value is -3.67. The van der Waals surface area contributed by atoms with Crippen molar-refractivity contribution < 1.29 is 14.0 Å². The first kappa shape index (κ1) is 23.5. The Bertz CT molecular complexity index is 1080. The normalized spacial score (nSPS) is 14.9. The number of amides is 3. The molecule has 0 radical (unpaired) electrons. The van der Waals surface area contributed by atoms with Gasteiger partial charge in [0.2, 0.25) is 5.91 Å². The molecule has 1 heterocycles. The second-order valence-electron chi connectivity index (χ2n) is 8.81. The van der Waals surface area contributed by atoms with Crippen molar-refractivity contribution in [3.8, 4) is 0 Å². The van der Waals surface area contributed by atoms with E-state index in [1.54, 1.807) is 6.07 Å². The van der Waals surface area contributed by atoms with Gasteiger partial charge in [-0.2, -0.15) is 0 Å². The summed E-state index contributed by atoms with van der Waals surface area (Å²) >= 11 is 0. The topological polar surface area (TPSA) is 61.4 Å². The molecule has 3 aromatic carbocycles. The molecular weight excluding hydrogens is 429 g/mol. The van der Waals surface area contributed by atoms with E-state index in [4.69, 9.17) is 0 Å². The van der Waals surface area contributed by atoms with E-state index in [0.29, 0.717) is 31.1 Å². The predicted molar refractivity (Wildman–Crippen MR) is 132 cm³/mol.